The van der Waals surface area contributed by atoms with Gasteiger partial charge in [0.25, 0.3) is 0 Å². The molecule has 0 aliphatic heterocycles. The van der Waals surface area contributed by atoms with E-state index in [4.69, 9.17) is 9.40 Å². The molecular formula is C26H21NOS2. The Bertz CT molecular complexity index is 1590. The van der Waals surface area contributed by atoms with E-state index < -0.39 is 0 Å². The predicted octanol–water partition coefficient (Wildman–Crippen LogP) is 8.68. The maximum absolute atomic E-state index is 5.75. The van der Waals surface area contributed by atoms with E-state index in [1.165, 1.54) is 52.3 Å². The highest BCUT2D eigenvalue weighted by Crippen LogP contribution is 2.43. The molecule has 2 nitrogen and oxygen atoms in total. The van der Waals surface area contributed by atoms with Gasteiger partial charge in [0.05, 0.1) is 12.0 Å². The summed E-state index contributed by atoms with van der Waals surface area (Å²) in [7, 11) is 0. The third-order valence-electron chi connectivity index (χ3n) is 5.90. The molecule has 2 aromatic carbocycles. The minimum Gasteiger partial charge on any atom is -0.464 e. The molecule has 0 spiro atoms. The highest BCUT2D eigenvalue weighted by Gasteiger charge is 2.21. The van der Waals surface area contributed by atoms with Gasteiger partial charge in [-0.25, -0.2) is 0 Å². The van der Waals surface area contributed by atoms with Gasteiger partial charge in [-0.2, -0.15) is 0 Å². The van der Waals surface area contributed by atoms with Crippen LogP contribution < -0.4 is 0 Å². The van der Waals surface area contributed by atoms with Crippen molar-refractivity contribution in [3.8, 4) is 11.3 Å². The Morgan fingerprint density at radius 3 is 2.67 bits per heavy atom. The standard InChI is InChI=1S/C26H21NOS2/c1-14-13-28-20-12-22-18(11-17(14)20)23-21(30-22)5-7-27-24(23)16-9-15-6-8-29-25(15)19(10-16)26(2,3)4/h5-13H,1-4H3. The number of fused-ring (bicyclic) bond motifs is 5. The number of thiophene rings is 2. The molecule has 6 aromatic rings. The molecule has 4 heterocycles. The van der Waals surface area contributed by atoms with E-state index in [1.54, 1.807) is 0 Å². The first-order valence-electron chi connectivity index (χ1n) is 10.1. The van der Waals surface area contributed by atoms with Crippen LogP contribution >= 0.6 is 22.7 Å². The van der Waals surface area contributed by atoms with Crippen LogP contribution in [0.5, 0.6) is 0 Å². The Morgan fingerprint density at radius 2 is 1.83 bits per heavy atom. The number of hydrogen-bond donors (Lipinski definition) is 0. The average molecular weight is 428 g/mol. The molecule has 4 aromatic heterocycles. The number of pyridine rings is 1. The molecule has 0 radical (unpaired) electrons. The van der Waals surface area contributed by atoms with Crippen molar-refractivity contribution in [1.82, 2.24) is 4.98 Å². The summed E-state index contributed by atoms with van der Waals surface area (Å²) >= 11 is 3.64. The average Bonchev–Trinajstić information content (AvgIpc) is 3.41. The van der Waals surface area contributed by atoms with E-state index in [0.717, 1.165) is 11.3 Å². The molecule has 0 aliphatic carbocycles. The number of hydrogen-bond acceptors (Lipinski definition) is 4. The molecule has 0 aliphatic rings. The van der Waals surface area contributed by atoms with Crippen molar-refractivity contribution < 1.29 is 4.42 Å². The first-order chi connectivity index (χ1) is 14.4. The molecule has 4 heteroatoms. The van der Waals surface area contributed by atoms with E-state index in [-0.39, 0.29) is 5.41 Å². The maximum atomic E-state index is 5.75. The van der Waals surface area contributed by atoms with Crippen molar-refractivity contribution in [2.24, 2.45) is 0 Å². The van der Waals surface area contributed by atoms with Crippen LogP contribution in [0.3, 0.4) is 0 Å². The lowest BCUT2D eigenvalue weighted by Crippen LogP contribution is -2.11. The van der Waals surface area contributed by atoms with Gasteiger partial charge in [-0.1, -0.05) is 20.8 Å². The monoisotopic (exact) mass is 427 g/mol. The first-order valence-corrected chi connectivity index (χ1v) is 11.8. The van der Waals surface area contributed by atoms with E-state index in [2.05, 4.69) is 69.5 Å². The second-order valence-electron chi connectivity index (χ2n) is 9.01. The number of benzene rings is 2. The lowest BCUT2D eigenvalue weighted by molar-refractivity contribution is 0.597. The van der Waals surface area contributed by atoms with Gasteiger partial charge < -0.3 is 4.42 Å². The molecule has 0 N–H and O–H groups in total. The van der Waals surface area contributed by atoms with E-state index >= 15 is 0 Å². The molecule has 0 atom stereocenters. The summed E-state index contributed by atoms with van der Waals surface area (Å²) in [5, 5.41) is 7.18. The van der Waals surface area contributed by atoms with Crippen LogP contribution in [0.1, 0.15) is 31.9 Å². The predicted molar refractivity (Wildman–Crippen MR) is 131 cm³/mol. The van der Waals surface area contributed by atoms with Gasteiger partial charge in [0.1, 0.15) is 5.58 Å². The number of nitrogens with zero attached hydrogens (tertiary/aromatic N) is 1. The zero-order valence-electron chi connectivity index (χ0n) is 17.4. The van der Waals surface area contributed by atoms with Crippen LogP contribution in [0.15, 0.2) is 58.7 Å². The minimum absolute atomic E-state index is 0.0732. The van der Waals surface area contributed by atoms with E-state index in [1.807, 2.05) is 35.1 Å². The molecule has 0 bridgehead atoms. The van der Waals surface area contributed by atoms with Crippen molar-refractivity contribution in [2.45, 2.75) is 33.1 Å². The first kappa shape index (κ1) is 18.1. The maximum Gasteiger partial charge on any atom is 0.135 e. The lowest BCUT2D eigenvalue weighted by Gasteiger charge is -2.21. The fourth-order valence-electron chi connectivity index (χ4n) is 4.36. The van der Waals surface area contributed by atoms with Crippen LogP contribution in [-0.2, 0) is 5.41 Å². The molecule has 6 rings (SSSR count). The molecule has 0 amide bonds. The summed E-state index contributed by atoms with van der Waals surface area (Å²) in [6, 6.07) is 13.5. The zero-order valence-corrected chi connectivity index (χ0v) is 19.0. The fraction of sp³-hybridized carbons (Fsp3) is 0.192. The molecule has 0 saturated heterocycles. The topological polar surface area (TPSA) is 26.0 Å². The Balaban J connectivity index is 1.72. The molecule has 0 fully saturated rings. The molecule has 0 unspecified atom stereocenters. The Kier molecular flexibility index (Phi) is 3.72. The van der Waals surface area contributed by atoms with E-state index in [0.29, 0.717) is 0 Å². The number of furan rings is 1. The largest absolute Gasteiger partial charge is 0.464 e. The summed E-state index contributed by atoms with van der Waals surface area (Å²) in [6.45, 7) is 8.97. The van der Waals surface area contributed by atoms with Crippen molar-refractivity contribution in [2.75, 3.05) is 0 Å². The highest BCUT2D eigenvalue weighted by atomic mass is 32.1. The van der Waals surface area contributed by atoms with Gasteiger partial charge in [-0.15, -0.1) is 22.7 Å². The molecule has 0 saturated carbocycles. The Morgan fingerprint density at radius 1 is 0.967 bits per heavy atom. The lowest BCUT2D eigenvalue weighted by atomic mass is 9.85. The van der Waals surface area contributed by atoms with Gasteiger partial charge in [-0.05, 0) is 70.6 Å². The molecular weight excluding hydrogens is 406 g/mol. The summed E-state index contributed by atoms with van der Waals surface area (Å²) < 4.78 is 9.64. The normalized spacial score (nSPS) is 12.7. The minimum atomic E-state index is 0.0732. The quantitative estimate of drug-likeness (QED) is 0.262. The Hall–Kier alpha value is -2.69. The second kappa shape index (κ2) is 6.16. The van der Waals surface area contributed by atoms with Gasteiger partial charge in [0.15, 0.2) is 0 Å². The smallest absolute Gasteiger partial charge is 0.135 e. The van der Waals surface area contributed by atoms with E-state index in [9.17, 15) is 0 Å². The second-order valence-corrected chi connectivity index (χ2v) is 11.0. The molecule has 30 heavy (non-hydrogen) atoms. The van der Waals surface area contributed by atoms with Crippen LogP contribution in [0.4, 0.5) is 0 Å². The van der Waals surface area contributed by atoms with Crippen molar-refractivity contribution in [3.05, 3.63) is 65.4 Å². The van der Waals surface area contributed by atoms with Crippen molar-refractivity contribution in [1.29, 1.82) is 0 Å². The number of rotatable bonds is 1. The fourth-order valence-corrected chi connectivity index (χ4v) is 6.58. The van der Waals surface area contributed by atoms with Crippen LogP contribution in [0.2, 0.25) is 0 Å². The van der Waals surface area contributed by atoms with Gasteiger partial charge in [0, 0.05) is 42.0 Å². The number of aromatic nitrogens is 1. The Labute approximate surface area is 182 Å². The van der Waals surface area contributed by atoms with Crippen molar-refractivity contribution in [3.63, 3.8) is 0 Å². The highest BCUT2D eigenvalue weighted by molar-refractivity contribution is 7.26. The SMILES string of the molecule is Cc1coc2cc3sc4ccnc(-c5cc(C(C)(C)C)c6sccc6c5)c4c3cc12. The van der Waals surface area contributed by atoms with Gasteiger partial charge in [0.2, 0.25) is 0 Å². The summed E-state index contributed by atoms with van der Waals surface area (Å²) in [5.74, 6) is 0. The van der Waals surface area contributed by atoms with Gasteiger partial charge in [-0.3, -0.25) is 4.98 Å². The van der Waals surface area contributed by atoms with Gasteiger partial charge >= 0.3 is 0 Å². The third-order valence-corrected chi connectivity index (χ3v) is 7.99. The zero-order chi connectivity index (χ0) is 20.6. The van der Waals surface area contributed by atoms with Crippen molar-refractivity contribution >= 4 is 63.9 Å². The molecule has 148 valence electrons. The van der Waals surface area contributed by atoms with Crippen LogP contribution in [0.25, 0.3) is 52.5 Å². The van der Waals surface area contributed by atoms with Crippen LogP contribution in [-0.4, -0.2) is 4.98 Å². The number of aryl methyl sites for hydroxylation is 1. The van der Waals surface area contributed by atoms with Crippen LogP contribution in [0, 0.1) is 6.92 Å². The summed E-state index contributed by atoms with van der Waals surface area (Å²) in [4.78, 5) is 4.89. The third kappa shape index (κ3) is 2.57. The summed E-state index contributed by atoms with van der Waals surface area (Å²) in [6.07, 6.45) is 3.78. The summed E-state index contributed by atoms with van der Waals surface area (Å²) in [5.41, 5.74) is 5.85.